The van der Waals surface area contributed by atoms with Crippen molar-refractivity contribution in [3.8, 4) is 0 Å². The summed E-state index contributed by atoms with van der Waals surface area (Å²) < 4.78 is 0. The van der Waals surface area contributed by atoms with Crippen molar-refractivity contribution in [2.24, 2.45) is 5.41 Å². The number of fused-ring (bicyclic) bond motifs is 1. The lowest BCUT2D eigenvalue weighted by atomic mass is 9.82. The normalized spacial score (nSPS) is 21.9. The summed E-state index contributed by atoms with van der Waals surface area (Å²) in [5, 5.41) is 9.71. The van der Waals surface area contributed by atoms with Gasteiger partial charge in [0, 0.05) is 10.1 Å². The van der Waals surface area contributed by atoms with E-state index < -0.39 is 11.4 Å². The first-order chi connectivity index (χ1) is 8.05. The highest BCUT2D eigenvalue weighted by Crippen LogP contribution is 2.43. The molecule has 0 bridgehead atoms. The molecule has 17 heavy (non-hydrogen) atoms. The lowest BCUT2D eigenvalue weighted by Crippen LogP contribution is -2.30. The zero-order valence-corrected chi connectivity index (χ0v) is 11.1. The predicted octanol–water partition coefficient (Wildman–Crippen LogP) is 3.59. The van der Waals surface area contributed by atoms with E-state index in [9.17, 15) is 9.90 Å². The average Bonchev–Trinajstić information content (AvgIpc) is 2.70. The number of carbonyl (C=O) groups is 1. The summed E-state index contributed by atoms with van der Waals surface area (Å²) in [6.45, 7) is 3.82. The van der Waals surface area contributed by atoms with Crippen LogP contribution in [0.2, 0.25) is 0 Å². The van der Waals surface area contributed by atoms with E-state index in [2.05, 4.69) is 18.2 Å². The predicted molar refractivity (Wildman–Crippen MR) is 70.4 cm³/mol. The van der Waals surface area contributed by atoms with Gasteiger partial charge in [0.15, 0.2) is 0 Å². The molecule has 2 unspecified atom stereocenters. The van der Waals surface area contributed by atoms with Gasteiger partial charge in [-0.1, -0.05) is 25.1 Å². The molecular weight excluding hydrogens is 232 g/mol. The van der Waals surface area contributed by atoms with Crippen LogP contribution in [0.3, 0.4) is 0 Å². The Kier molecular flexibility index (Phi) is 3.48. The van der Waals surface area contributed by atoms with E-state index in [0.717, 1.165) is 12.8 Å². The van der Waals surface area contributed by atoms with Crippen LogP contribution in [0, 0.1) is 5.41 Å². The molecule has 1 heterocycles. The summed E-state index contributed by atoms with van der Waals surface area (Å²) in [4.78, 5) is 12.6. The summed E-state index contributed by atoms with van der Waals surface area (Å²) in [5.41, 5.74) is 0.783. The molecule has 2 atom stereocenters. The Hall–Kier alpha value is -0.960. The Bertz CT molecular complexity index is 405. The molecule has 1 aliphatic heterocycles. The Labute approximate surface area is 106 Å². The zero-order chi connectivity index (χ0) is 12.5. The number of hydrogen-bond donors (Lipinski definition) is 1. The quantitative estimate of drug-likeness (QED) is 0.887. The Balaban J connectivity index is 2.07. The van der Waals surface area contributed by atoms with Gasteiger partial charge < -0.3 is 5.11 Å². The van der Waals surface area contributed by atoms with E-state index in [1.165, 1.54) is 10.5 Å². The van der Waals surface area contributed by atoms with E-state index in [4.69, 9.17) is 0 Å². The molecule has 1 aliphatic rings. The fraction of sp³-hybridized carbons (Fsp3) is 0.500. The number of aliphatic carboxylic acids is 1. The monoisotopic (exact) mass is 250 g/mol. The average molecular weight is 250 g/mol. The molecule has 1 aromatic carbocycles. The highest BCUT2D eigenvalue weighted by molar-refractivity contribution is 8.00. The molecule has 0 aromatic heterocycles. The minimum absolute atomic E-state index is 0.411. The second kappa shape index (κ2) is 4.73. The molecule has 1 aromatic rings. The van der Waals surface area contributed by atoms with Gasteiger partial charge in [-0.2, -0.15) is 0 Å². The fourth-order valence-electron chi connectivity index (χ4n) is 2.25. The third-order valence-corrected chi connectivity index (χ3v) is 5.01. The van der Waals surface area contributed by atoms with Crippen LogP contribution in [-0.2, 0) is 11.2 Å². The van der Waals surface area contributed by atoms with Crippen LogP contribution < -0.4 is 0 Å². The first kappa shape index (κ1) is 12.5. The maximum absolute atomic E-state index is 11.3. The molecule has 0 fully saturated rings. The van der Waals surface area contributed by atoms with E-state index in [0.29, 0.717) is 11.7 Å². The van der Waals surface area contributed by atoms with Crippen molar-refractivity contribution < 1.29 is 9.90 Å². The van der Waals surface area contributed by atoms with E-state index in [1.807, 2.05) is 31.7 Å². The standard InChI is InChI=1S/C14H18O2S/c1-3-14(2,13(15)16)9-11-8-10-6-4-5-7-12(10)17-11/h4-7,11H,3,8-9H2,1-2H3,(H,15,16). The Morgan fingerprint density at radius 1 is 1.53 bits per heavy atom. The molecular formula is C14H18O2S. The van der Waals surface area contributed by atoms with Crippen molar-refractivity contribution in [2.45, 2.75) is 43.3 Å². The molecule has 92 valence electrons. The summed E-state index contributed by atoms with van der Waals surface area (Å²) in [5.74, 6) is -0.670. The second-order valence-corrected chi connectivity index (χ2v) is 6.32. The lowest BCUT2D eigenvalue weighted by Gasteiger charge is -2.25. The summed E-state index contributed by atoms with van der Waals surface area (Å²) in [6, 6.07) is 8.37. The van der Waals surface area contributed by atoms with Crippen molar-refractivity contribution in [3.05, 3.63) is 29.8 Å². The lowest BCUT2D eigenvalue weighted by molar-refractivity contribution is -0.148. The summed E-state index contributed by atoms with van der Waals surface area (Å²) >= 11 is 1.83. The first-order valence-corrected chi connectivity index (χ1v) is 6.91. The number of benzene rings is 1. The van der Waals surface area contributed by atoms with Crippen LogP contribution in [0.15, 0.2) is 29.2 Å². The molecule has 0 saturated carbocycles. The first-order valence-electron chi connectivity index (χ1n) is 6.03. The number of rotatable bonds is 4. The summed E-state index contributed by atoms with van der Waals surface area (Å²) in [6.07, 6.45) is 2.44. The summed E-state index contributed by atoms with van der Waals surface area (Å²) in [7, 11) is 0. The van der Waals surface area contributed by atoms with Crippen molar-refractivity contribution in [3.63, 3.8) is 0 Å². The topological polar surface area (TPSA) is 37.3 Å². The molecule has 0 aliphatic carbocycles. The fourth-order valence-corrected chi connectivity index (χ4v) is 3.79. The number of hydrogen-bond acceptors (Lipinski definition) is 2. The molecule has 0 radical (unpaired) electrons. The van der Waals surface area contributed by atoms with Gasteiger partial charge in [0.1, 0.15) is 0 Å². The maximum Gasteiger partial charge on any atom is 0.309 e. The van der Waals surface area contributed by atoms with Crippen LogP contribution in [0.4, 0.5) is 0 Å². The largest absolute Gasteiger partial charge is 0.481 e. The van der Waals surface area contributed by atoms with Crippen LogP contribution in [0.25, 0.3) is 0 Å². The van der Waals surface area contributed by atoms with Gasteiger partial charge in [-0.25, -0.2) is 0 Å². The van der Waals surface area contributed by atoms with E-state index in [-0.39, 0.29) is 0 Å². The Morgan fingerprint density at radius 2 is 2.24 bits per heavy atom. The van der Waals surface area contributed by atoms with Crippen molar-refractivity contribution in [1.29, 1.82) is 0 Å². The highest BCUT2D eigenvalue weighted by Gasteiger charge is 2.36. The van der Waals surface area contributed by atoms with Crippen LogP contribution in [0.5, 0.6) is 0 Å². The molecule has 1 N–H and O–H groups in total. The van der Waals surface area contributed by atoms with Crippen molar-refractivity contribution in [1.82, 2.24) is 0 Å². The third-order valence-electron chi connectivity index (χ3n) is 3.69. The van der Waals surface area contributed by atoms with Gasteiger partial charge in [0.05, 0.1) is 5.41 Å². The third kappa shape index (κ3) is 2.49. The molecule has 0 saturated heterocycles. The Morgan fingerprint density at radius 3 is 2.82 bits per heavy atom. The minimum atomic E-state index is -0.670. The van der Waals surface area contributed by atoms with Gasteiger partial charge in [0.2, 0.25) is 0 Å². The van der Waals surface area contributed by atoms with Gasteiger partial charge >= 0.3 is 5.97 Å². The minimum Gasteiger partial charge on any atom is -0.481 e. The highest BCUT2D eigenvalue weighted by atomic mass is 32.2. The number of thioether (sulfide) groups is 1. The smallest absolute Gasteiger partial charge is 0.309 e. The van der Waals surface area contributed by atoms with E-state index in [1.54, 1.807) is 0 Å². The van der Waals surface area contributed by atoms with Crippen molar-refractivity contribution >= 4 is 17.7 Å². The van der Waals surface area contributed by atoms with Gasteiger partial charge in [0.25, 0.3) is 0 Å². The van der Waals surface area contributed by atoms with Gasteiger partial charge in [-0.15, -0.1) is 11.8 Å². The molecule has 3 heteroatoms. The van der Waals surface area contributed by atoms with Gasteiger partial charge in [-0.3, -0.25) is 4.79 Å². The van der Waals surface area contributed by atoms with E-state index >= 15 is 0 Å². The van der Waals surface area contributed by atoms with Crippen LogP contribution in [-0.4, -0.2) is 16.3 Å². The van der Waals surface area contributed by atoms with Crippen LogP contribution in [0.1, 0.15) is 32.3 Å². The molecule has 0 spiro atoms. The maximum atomic E-state index is 11.3. The zero-order valence-electron chi connectivity index (χ0n) is 10.3. The molecule has 2 nitrogen and oxygen atoms in total. The van der Waals surface area contributed by atoms with Crippen molar-refractivity contribution in [2.75, 3.05) is 0 Å². The molecule has 0 amide bonds. The SMILES string of the molecule is CCC(C)(CC1Cc2ccccc2S1)C(=O)O. The number of carboxylic acids is 1. The van der Waals surface area contributed by atoms with Crippen LogP contribution >= 0.6 is 11.8 Å². The second-order valence-electron chi connectivity index (χ2n) is 4.98. The number of carboxylic acid groups (broad SMARTS) is 1. The molecule has 2 rings (SSSR count). The van der Waals surface area contributed by atoms with Gasteiger partial charge in [-0.05, 0) is 37.8 Å².